The molecule has 1 heterocycles. The van der Waals surface area contributed by atoms with Crippen LogP contribution in [0.4, 0.5) is 0 Å². The summed E-state index contributed by atoms with van der Waals surface area (Å²) in [5.41, 5.74) is 0.688. The molecular formula is C6H10O3. The quantitative estimate of drug-likeness (QED) is 0.466. The second-order valence-electron chi connectivity index (χ2n) is 2.01. The summed E-state index contributed by atoms with van der Waals surface area (Å²) >= 11 is 0. The van der Waals surface area contributed by atoms with E-state index < -0.39 is 6.10 Å². The van der Waals surface area contributed by atoms with Crippen LogP contribution in [0.25, 0.3) is 0 Å². The van der Waals surface area contributed by atoms with Gasteiger partial charge in [-0.25, -0.2) is 0 Å². The summed E-state index contributed by atoms with van der Waals surface area (Å²) in [5, 5.41) is 9.05. The van der Waals surface area contributed by atoms with E-state index in [-0.39, 0.29) is 6.79 Å². The normalized spacial score (nSPS) is 29.9. The van der Waals surface area contributed by atoms with Crippen LogP contribution in [0, 0.1) is 0 Å². The minimum absolute atomic E-state index is 0.260. The molecule has 0 saturated carbocycles. The Morgan fingerprint density at radius 2 is 2.33 bits per heavy atom. The number of rotatable bonds is 0. The third-order valence-electron chi connectivity index (χ3n) is 1.20. The lowest BCUT2D eigenvalue weighted by Crippen LogP contribution is -2.15. The van der Waals surface area contributed by atoms with Crippen LogP contribution in [0.2, 0.25) is 0 Å². The smallest absolute Gasteiger partial charge is 0.147 e. The number of aliphatic hydroxyl groups is 1. The van der Waals surface area contributed by atoms with Crippen molar-refractivity contribution < 1.29 is 14.6 Å². The Labute approximate surface area is 53.9 Å². The molecule has 3 nitrogen and oxygen atoms in total. The average Bonchev–Trinajstić information content (AvgIpc) is 1.99. The van der Waals surface area contributed by atoms with Crippen LogP contribution in [0.15, 0.2) is 12.2 Å². The van der Waals surface area contributed by atoms with Gasteiger partial charge in [0.1, 0.15) is 12.9 Å². The summed E-state index contributed by atoms with van der Waals surface area (Å²) in [7, 11) is 0. The Bertz CT molecular complexity index is 111. The minimum atomic E-state index is -0.549. The second-order valence-corrected chi connectivity index (χ2v) is 2.01. The standard InChI is InChI=1S/C6H10O3/c1-5-2-8-4-9-3-6(5)7/h6-7H,1-4H2/t6-/m1/s1. The Morgan fingerprint density at radius 3 is 3.11 bits per heavy atom. The summed E-state index contributed by atoms with van der Waals surface area (Å²) < 4.78 is 9.74. The zero-order chi connectivity index (χ0) is 6.69. The monoisotopic (exact) mass is 130 g/mol. The van der Waals surface area contributed by atoms with E-state index in [9.17, 15) is 0 Å². The Morgan fingerprint density at radius 1 is 1.56 bits per heavy atom. The molecule has 1 aliphatic heterocycles. The molecule has 0 aromatic heterocycles. The largest absolute Gasteiger partial charge is 0.386 e. The molecule has 1 atom stereocenters. The molecule has 0 radical (unpaired) electrons. The lowest BCUT2D eigenvalue weighted by atomic mass is 10.2. The zero-order valence-corrected chi connectivity index (χ0v) is 5.17. The van der Waals surface area contributed by atoms with Crippen LogP contribution in [-0.4, -0.2) is 31.2 Å². The molecule has 52 valence electrons. The molecule has 9 heavy (non-hydrogen) atoms. The van der Waals surface area contributed by atoms with E-state index in [1.165, 1.54) is 0 Å². The molecule has 0 amide bonds. The number of hydrogen-bond donors (Lipinski definition) is 1. The van der Waals surface area contributed by atoms with Crippen LogP contribution in [0.5, 0.6) is 0 Å². The highest BCUT2D eigenvalue weighted by molar-refractivity contribution is 5.02. The summed E-state index contributed by atoms with van der Waals surface area (Å²) in [5.74, 6) is 0. The van der Waals surface area contributed by atoms with Gasteiger partial charge in [-0.05, 0) is 5.57 Å². The van der Waals surface area contributed by atoms with Gasteiger partial charge in [0.05, 0.1) is 13.2 Å². The summed E-state index contributed by atoms with van der Waals surface area (Å²) in [6, 6.07) is 0. The van der Waals surface area contributed by atoms with E-state index >= 15 is 0 Å². The highest BCUT2D eigenvalue weighted by Crippen LogP contribution is 2.04. The second kappa shape index (κ2) is 2.96. The van der Waals surface area contributed by atoms with Crippen LogP contribution >= 0.6 is 0 Å². The predicted molar refractivity (Wildman–Crippen MR) is 31.9 cm³/mol. The van der Waals surface area contributed by atoms with Gasteiger partial charge in [-0.2, -0.15) is 0 Å². The first kappa shape index (κ1) is 6.74. The SMILES string of the molecule is C=C1COCOC[C@H]1O. The van der Waals surface area contributed by atoms with Crippen molar-refractivity contribution in [1.29, 1.82) is 0 Å². The molecule has 0 aliphatic carbocycles. The lowest BCUT2D eigenvalue weighted by molar-refractivity contribution is -0.0419. The van der Waals surface area contributed by atoms with Crippen molar-refractivity contribution in [2.75, 3.05) is 20.0 Å². The van der Waals surface area contributed by atoms with E-state index in [0.717, 1.165) is 0 Å². The Kier molecular flexibility index (Phi) is 2.22. The molecule has 1 rings (SSSR count). The van der Waals surface area contributed by atoms with Crippen LogP contribution < -0.4 is 0 Å². The topological polar surface area (TPSA) is 38.7 Å². The van der Waals surface area contributed by atoms with Gasteiger partial charge in [-0.1, -0.05) is 6.58 Å². The maximum atomic E-state index is 9.05. The van der Waals surface area contributed by atoms with Gasteiger partial charge in [-0.3, -0.25) is 0 Å². The summed E-state index contributed by atoms with van der Waals surface area (Å²) in [4.78, 5) is 0. The molecule has 0 unspecified atom stereocenters. The van der Waals surface area contributed by atoms with Gasteiger partial charge in [-0.15, -0.1) is 0 Å². The van der Waals surface area contributed by atoms with Crippen molar-refractivity contribution >= 4 is 0 Å². The molecule has 0 bridgehead atoms. The van der Waals surface area contributed by atoms with Crippen molar-refractivity contribution in [3.63, 3.8) is 0 Å². The van der Waals surface area contributed by atoms with Crippen LogP contribution in [0.3, 0.4) is 0 Å². The Balaban J connectivity index is 2.41. The first-order valence-electron chi connectivity index (χ1n) is 2.82. The van der Waals surface area contributed by atoms with Gasteiger partial charge < -0.3 is 14.6 Å². The minimum Gasteiger partial charge on any atom is -0.386 e. The lowest BCUT2D eigenvalue weighted by Gasteiger charge is -2.05. The van der Waals surface area contributed by atoms with E-state index in [1.807, 2.05) is 0 Å². The zero-order valence-electron chi connectivity index (χ0n) is 5.17. The highest BCUT2D eigenvalue weighted by atomic mass is 16.7. The Hall–Kier alpha value is -0.380. The molecule has 1 aliphatic rings. The van der Waals surface area contributed by atoms with Gasteiger partial charge in [0.25, 0.3) is 0 Å². The van der Waals surface area contributed by atoms with Crippen molar-refractivity contribution in [2.45, 2.75) is 6.10 Å². The van der Waals surface area contributed by atoms with E-state index in [0.29, 0.717) is 18.8 Å². The molecular weight excluding hydrogens is 120 g/mol. The third kappa shape index (κ3) is 1.78. The van der Waals surface area contributed by atoms with Crippen LogP contribution in [0.1, 0.15) is 0 Å². The molecule has 0 spiro atoms. The van der Waals surface area contributed by atoms with Gasteiger partial charge >= 0.3 is 0 Å². The molecule has 0 aromatic rings. The van der Waals surface area contributed by atoms with Crippen LogP contribution in [-0.2, 0) is 9.47 Å². The maximum absolute atomic E-state index is 9.05. The fourth-order valence-corrected chi connectivity index (χ4v) is 0.605. The first-order chi connectivity index (χ1) is 4.30. The van der Waals surface area contributed by atoms with Crippen molar-refractivity contribution in [2.24, 2.45) is 0 Å². The predicted octanol–water partition coefficient (Wildman–Crippen LogP) is -0.0922. The van der Waals surface area contributed by atoms with Gasteiger partial charge in [0.2, 0.25) is 0 Å². The summed E-state index contributed by atoms with van der Waals surface area (Å²) in [6.45, 7) is 4.57. The molecule has 1 N–H and O–H groups in total. The van der Waals surface area contributed by atoms with Crippen molar-refractivity contribution in [3.05, 3.63) is 12.2 Å². The fraction of sp³-hybridized carbons (Fsp3) is 0.667. The molecule has 0 aromatic carbocycles. The summed E-state index contributed by atoms with van der Waals surface area (Å²) in [6.07, 6.45) is -0.549. The van der Waals surface area contributed by atoms with E-state index in [1.54, 1.807) is 0 Å². The first-order valence-corrected chi connectivity index (χ1v) is 2.82. The fourth-order valence-electron chi connectivity index (χ4n) is 0.605. The van der Waals surface area contributed by atoms with E-state index in [2.05, 4.69) is 6.58 Å². The maximum Gasteiger partial charge on any atom is 0.147 e. The molecule has 1 fully saturated rings. The van der Waals surface area contributed by atoms with Crippen molar-refractivity contribution in [1.82, 2.24) is 0 Å². The van der Waals surface area contributed by atoms with Gasteiger partial charge in [0.15, 0.2) is 0 Å². The molecule has 1 saturated heterocycles. The van der Waals surface area contributed by atoms with Gasteiger partial charge in [0, 0.05) is 0 Å². The third-order valence-corrected chi connectivity index (χ3v) is 1.20. The molecule has 3 heteroatoms. The van der Waals surface area contributed by atoms with E-state index in [4.69, 9.17) is 14.6 Å². The average molecular weight is 130 g/mol. The number of ether oxygens (including phenoxy) is 2. The van der Waals surface area contributed by atoms with Crippen molar-refractivity contribution in [3.8, 4) is 0 Å². The number of aliphatic hydroxyl groups excluding tert-OH is 1. The number of hydrogen-bond acceptors (Lipinski definition) is 3. The highest BCUT2D eigenvalue weighted by Gasteiger charge is 2.11.